The van der Waals surface area contributed by atoms with E-state index in [4.69, 9.17) is 4.74 Å². The number of benzene rings is 2. The highest BCUT2D eigenvalue weighted by Crippen LogP contribution is 2.38. The number of rotatable bonds is 3. The molecule has 2 rings (SSSR count). The Hall–Kier alpha value is -2.56. The molecule has 1 N–H and O–H groups in total. The van der Waals surface area contributed by atoms with E-state index in [1.807, 2.05) is 0 Å². The minimum Gasteiger partial charge on any atom is -0.508 e. The molecule has 0 unspecified atom stereocenters. The lowest BCUT2D eigenvalue weighted by Crippen LogP contribution is -1.95. The van der Waals surface area contributed by atoms with Crippen LogP contribution >= 0.6 is 0 Å². The van der Waals surface area contributed by atoms with Gasteiger partial charge in [-0.3, -0.25) is 10.1 Å². The third kappa shape index (κ3) is 2.10. The highest BCUT2D eigenvalue weighted by atomic mass is 16.6. The van der Waals surface area contributed by atoms with Crippen LogP contribution in [0.1, 0.15) is 0 Å². The molecule has 2 aromatic rings. The number of nitrogens with zero attached hydrogens (tertiary/aromatic N) is 1. The average Bonchev–Trinajstić information content (AvgIpc) is 2.37. The van der Waals surface area contributed by atoms with Crippen molar-refractivity contribution in [2.75, 3.05) is 7.11 Å². The standard InChI is InChI=1S/C13H11NO4/c1-18-13-11(6-3-7-12(13)14(16)17)9-4-2-5-10(15)8-9/h2-8,15H,1H3. The van der Waals surface area contributed by atoms with E-state index in [0.717, 1.165) is 0 Å². The number of hydrogen-bond acceptors (Lipinski definition) is 4. The summed E-state index contributed by atoms with van der Waals surface area (Å²) in [6.45, 7) is 0. The van der Waals surface area contributed by atoms with E-state index in [1.54, 1.807) is 24.3 Å². The molecule has 0 bridgehead atoms. The molecule has 0 saturated carbocycles. The van der Waals surface area contributed by atoms with Crippen molar-refractivity contribution in [2.24, 2.45) is 0 Å². The Balaban J connectivity index is 2.64. The molecule has 0 aliphatic rings. The smallest absolute Gasteiger partial charge is 0.311 e. The van der Waals surface area contributed by atoms with Crippen LogP contribution in [-0.4, -0.2) is 17.1 Å². The lowest BCUT2D eigenvalue weighted by Gasteiger charge is -2.09. The number of phenolic OH excluding ortho intramolecular Hbond substituents is 1. The van der Waals surface area contributed by atoms with Gasteiger partial charge in [-0.05, 0) is 17.7 Å². The van der Waals surface area contributed by atoms with Gasteiger partial charge in [0.1, 0.15) is 5.75 Å². The quantitative estimate of drug-likeness (QED) is 0.666. The molecule has 0 fully saturated rings. The summed E-state index contributed by atoms with van der Waals surface area (Å²) >= 11 is 0. The molecule has 0 aliphatic carbocycles. The van der Waals surface area contributed by atoms with E-state index in [-0.39, 0.29) is 17.2 Å². The zero-order chi connectivity index (χ0) is 13.1. The number of phenols is 1. The van der Waals surface area contributed by atoms with Crippen LogP contribution in [0, 0.1) is 10.1 Å². The van der Waals surface area contributed by atoms with E-state index < -0.39 is 4.92 Å². The Kier molecular flexibility index (Phi) is 3.14. The molecule has 0 radical (unpaired) electrons. The number of methoxy groups -OCH3 is 1. The Morgan fingerprint density at radius 2 is 1.94 bits per heavy atom. The van der Waals surface area contributed by atoms with Crippen molar-refractivity contribution in [3.63, 3.8) is 0 Å². The van der Waals surface area contributed by atoms with Gasteiger partial charge in [0.15, 0.2) is 0 Å². The van der Waals surface area contributed by atoms with Gasteiger partial charge in [0.25, 0.3) is 0 Å². The Bertz CT molecular complexity index is 595. The lowest BCUT2D eigenvalue weighted by molar-refractivity contribution is -0.385. The summed E-state index contributed by atoms with van der Waals surface area (Å²) < 4.78 is 5.11. The summed E-state index contributed by atoms with van der Waals surface area (Å²) in [6, 6.07) is 11.2. The normalized spacial score (nSPS) is 10.1. The average molecular weight is 245 g/mol. The summed E-state index contributed by atoms with van der Waals surface area (Å²) in [5.74, 6) is 0.286. The lowest BCUT2D eigenvalue weighted by atomic mass is 10.0. The van der Waals surface area contributed by atoms with Crippen molar-refractivity contribution in [3.8, 4) is 22.6 Å². The summed E-state index contributed by atoms with van der Waals surface area (Å²) in [6.07, 6.45) is 0. The molecule has 18 heavy (non-hydrogen) atoms. The third-order valence-electron chi connectivity index (χ3n) is 2.55. The maximum Gasteiger partial charge on any atom is 0.311 e. The summed E-state index contributed by atoms with van der Waals surface area (Å²) in [5.41, 5.74) is 1.14. The number of para-hydroxylation sites is 1. The van der Waals surface area contributed by atoms with E-state index in [1.165, 1.54) is 25.3 Å². The van der Waals surface area contributed by atoms with Crippen LogP contribution in [-0.2, 0) is 0 Å². The SMILES string of the molecule is COc1c(-c2cccc(O)c2)cccc1[N+](=O)[O-]. The van der Waals surface area contributed by atoms with Gasteiger partial charge in [0.2, 0.25) is 5.75 Å². The molecule has 0 atom stereocenters. The minimum atomic E-state index is -0.495. The summed E-state index contributed by atoms with van der Waals surface area (Å²) in [5, 5.41) is 20.3. The molecule has 0 aromatic heterocycles. The molecular formula is C13H11NO4. The fourth-order valence-electron chi connectivity index (χ4n) is 1.78. The molecule has 0 saturated heterocycles. The largest absolute Gasteiger partial charge is 0.508 e. The number of nitro groups is 1. The van der Waals surface area contributed by atoms with Gasteiger partial charge in [0.05, 0.1) is 12.0 Å². The Labute approximate surface area is 103 Å². The van der Waals surface area contributed by atoms with Crippen LogP contribution in [0.2, 0.25) is 0 Å². The van der Waals surface area contributed by atoms with Crippen LogP contribution in [0.5, 0.6) is 11.5 Å². The first-order chi connectivity index (χ1) is 8.63. The van der Waals surface area contributed by atoms with Gasteiger partial charge in [-0.25, -0.2) is 0 Å². The second kappa shape index (κ2) is 4.75. The molecule has 0 spiro atoms. The van der Waals surface area contributed by atoms with Crippen molar-refractivity contribution < 1.29 is 14.8 Å². The van der Waals surface area contributed by atoms with Gasteiger partial charge in [-0.1, -0.05) is 24.3 Å². The van der Waals surface area contributed by atoms with E-state index in [2.05, 4.69) is 0 Å². The predicted molar refractivity (Wildman–Crippen MR) is 66.7 cm³/mol. The fraction of sp³-hybridized carbons (Fsp3) is 0.0769. The summed E-state index contributed by atoms with van der Waals surface area (Å²) in [7, 11) is 1.38. The number of nitro benzene ring substituents is 1. The van der Waals surface area contributed by atoms with E-state index in [0.29, 0.717) is 11.1 Å². The van der Waals surface area contributed by atoms with Crippen LogP contribution in [0.25, 0.3) is 11.1 Å². The maximum atomic E-state index is 10.9. The second-order valence-electron chi connectivity index (χ2n) is 3.67. The Morgan fingerprint density at radius 1 is 1.22 bits per heavy atom. The van der Waals surface area contributed by atoms with Gasteiger partial charge in [0, 0.05) is 11.6 Å². The van der Waals surface area contributed by atoms with Crippen LogP contribution in [0.3, 0.4) is 0 Å². The maximum absolute atomic E-state index is 10.9. The van der Waals surface area contributed by atoms with Crippen molar-refractivity contribution in [2.45, 2.75) is 0 Å². The third-order valence-corrected chi connectivity index (χ3v) is 2.55. The van der Waals surface area contributed by atoms with Gasteiger partial charge < -0.3 is 9.84 Å². The first-order valence-corrected chi connectivity index (χ1v) is 5.24. The minimum absolute atomic E-state index is 0.0982. The van der Waals surface area contributed by atoms with Crippen LogP contribution in [0.15, 0.2) is 42.5 Å². The topological polar surface area (TPSA) is 72.6 Å². The van der Waals surface area contributed by atoms with Crippen molar-refractivity contribution in [1.82, 2.24) is 0 Å². The van der Waals surface area contributed by atoms with Gasteiger partial charge >= 0.3 is 5.69 Å². The van der Waals surface area contributed by atoms with Gasteiger partial charge in [-0.15, -0.1) is 0 Å². The Morgan fingerprint density at radius 3 is 2.56 bits per heavy atom. The predicted octanol–water partition coefficient (Wildman–Crippen LogP) is 2.98. The van der Waals surface area contributed by atoms with Crippen molar-refractivity contribution in [3.05, 3.63) is 52.6 Å². The first kappa shape index (κ1) is 11.9. The van der Waals surface area contributed by atoms with Crippen LogP contribution in [0.4, 0.5) is 5.69 Å². The molecule has 2 aromatic carbocycles. The molecule has 0 aliphatic heterocycles. The van der Waals surface area contributed by atoms with Gasteiger partial charge in [-0.2, -0.15) is 0 Å². The molecule has 0 amide bonds. The van der Waals surface area contributed by atoms with Crippen molar-refractivity contribution >= 4 is 5.69 Å². The zero-order valence-corrected chi connectivity index (χ0v) is 9.66. The van der Waals surface area contributed by atoms with E-state index >= 15 is 0 Å². The van der Waals surface area contributed by atoms with Crippen LogP contribution < -0.4 is 4.74 Å². The first-order valence-electron chi connectivity index (χ1n) is 5.24. The molecular weight excluding hydrogens is 234 g/mol. The number of aromatic hydroxyl groups is 1. The van der Waals surface area contributed by atoms with E-state index in [9.17, 15) is 15.2 Å². The second-order valence-corrected chi connectivity index (χ2v) is 3.67. The highest BCUT2D eigenvalue weighted by Gasteiger charge is 2.19. The number of ether oxygens (including phenoxy) is 1. The monoisotopic (exact) mass is 245 g/mol. The zero-order valence-electron chi connectivity index (χ0n) is 9.66. The molecule has 92 valence electrons. The molecule has 5 heteroatoms. The highest BCUT2D eigenvalue weighted by molar-refractivity contribution is 5.76. The fourth-order valence-corrected chi connectivity index (χ4v) is 1.78. The molecule has 0 heterocycles. The van der Waals surface area contributed by atoms with Crippen molar-refractivity contribution in [1.29, 1.82) is 0 Å². The molecule has 5 nitrogen and oxygen atoms in total. The summed E-state index contributed by atoms with van der Waals surface area (Å²) in [4.78, 5) is 10.4. The number of hydrogen-bond donors (Lipinski definition) is 1.